The van der Waals surface area contributed by atoms with E-state index < -0.39 is 0 Å². The average Bonchev–Trinajstić information content (AvgIpc) is 4.40. The smallest absolute Gasteiger partial charge is 0.248 e. The SMILES string of the molecule is CCCCCCCCCCOc1ccc(/C=C/c2ccc(-c3nnc(-c4ccc(-c5nnc(-c6ccc(/C=C/c7ccc(OCCCCCCCCCC)c(OCCCCCCCCCC)c7)cc6)o5)cc4)o3)cc2)cc1OCCCCCCCCCC. The molecule has 2 heterocycles. The molecule has 0 atom stereocenters. The summed E-state index contributed by atoms with van der Waals surface area (Å²) in [6.07, 6.45) is 49.2. The van der Waals surface area contributed by atoms with Gasteiger partial charge in [0.1, 0.15) is 0 Å². The number of unbranched alkanes of at least 4 members (excludes halogenated alkanes) is 28. The van der Waals surface area contributed by atoms with Gasteiger partial charge in [0.05, 0.1) is 26.4 Å². The molecular formula is C78H106N4O6. The second-order valence-corrected chi connectivity index (χ2v) is 24.0. The zero-order valence-electron chi connectivity index (χ0n) is 54.4. The fourth-order valence-corrected chi connectivity index (χ4v) is 10.9. The first-order valence-electron chi connectivity index (χ1n) is 34.7. The van der Waals surface area contributed by atoms with Crippen molar-refractivity contribution in [3.8, 4) is 68.8 Å². The summed E-state index contributed by atoms with van der Waals surface area (Å²) in [6.45, 7) is 11.9. The van der Waals surface area contributed by atoms with Crippen LogP contribution in [0.3, 0.4) is 0 Å². The van der Waals surface area contributed by atoms with E-state index in [1.54, 1.807) is 0 Å². The van der Waals surface area contributed by atoms with Crippen molar-refractivity contribution < 1.29 is 27.8 Å². The predicted molar refractivity (Wildman–Crippen MR) is 367 cm³/mol. The van der Waals surface area contributed by atoms with Gasteiger partial charge < -0.3 is 27.8 Å². The van der Waals surface area contributed by atoms with Gasteiger partial charge in [-0.15, -0.1) is 20.4 Å². The van der Waals surface area contributed by atoms with Gasteiger partial charge >= 0.3 is 0 Å². The molecule has 0 radical (unpaired) electrons. The van der Waals surface area contributed by atoms with Crippen LogP contribution in [0, 0.1) is 0 Å². The van der Waals surface area contributed by atoms with Gasteiger partial charge in [0.2, 0.25) is 23.6 Å². The molecule has 7 aromatic rings. The molecule has 0 saturated heterocycles. The zero-order chi connectivity index (χ0) is 61.3. The molecule has 0 spiro atoms. The Kier molecular flexibility index (Phi) is 32.8. The first-order valence-corrected chi connectivity index (χ1v) is 34.7. The summed E-state index contributed by atoms with van der Waals surface area (Å²) >= 11 is 0. The standard InChI is InChI=1S/C78H106N4O6/c1-5-9-13-17-21-25-29-33-57-83-71-55-45-65(61-73(71)85-59-35-31-27-23-19-15-11-7-3)39-37-63-41-47-67(48-42-63)75-79-81-77(87-75)69-51-53-70(54-52-69)78-82-80-76(88-78)68-49-43-64(44-50-68)38-40-66-46-56-72(84-58-34-30-26-22-18-14-10-6-2)74(62-66)86-60-36-32-28-24-20-16-12-8-4/h37-56,61-62H,5-36,57-60H2,1-4H3/b39-37+,40-38+. The fourth-order valence-electron chi connectivity index (χ4n) is 10.9. The van der Waals surface area contributed by atoms with Crippen molar-refractivity contribution in [1.29, 1.82) is 0 Å². The van der Waals surface area contributed by atoms with Gasteiger partial charge in [0, 0.05) is 22.3 Å². The fraction of sp³-hybridized carbons (Fsp3) is 0.513. The van der Waals surface area contributed by atoms with Crippen LogP contribution in [0.2, 0.25) is 0 Å². The lowest BCUT2D eigenvalue weighted by Crippen LogP contribution is -2.03. The van der Waals surface area contributed by atoms with Crippen molar-refractivity contribution in [3.63, 3.8) is 0 Å². The van der Waals surface area contributed by atoms with E-state index in [9.17, 15) is 0 Å². The van der Waals surface area contributed by atoms with E-state index in [1.165, 1.54) is 180 Å². The Labute approximate surface area is 529 Å². The molecule has 0 amide bonds. The Morgan fingerprint density at radius 3 is 0.739 bits per heavy atom. The first-order chi connectivity index (χ1) is 43.5. The molecular weight excluding hydrogens is 1090 g/mol. The highest BCUT2D eigenvalue weighted by Gasteiger charge is 2.15. The molecule has 0 fully saturated rings. The van der Waals surface area contributed by atoms with E-state index in [2.05, 4.69) is 133 Å². The van der Waals surface area contributed by atoms with Gasteiger partial charge in [0.15, 0.2) is 23.0 Å². The molecule has 10 heteroatoms. The van der Waals surface area contributed by atoms with E-state index in [1.807, 2.05) is 48.5 Å². The van der Waals surface area contributed by atoms with Crippen molar-refractivity contribution >= 4 is 24.3 Å². The molecule has 0 aliphatic heterocycles. The zero-order valence-corrected chi connectivity index (χ0v) is 54.4. The molecule has 0 saturated carbocycles. The highest BCUT2D eigenvalue weighted by molar-refractivity contribution is 5.74. The Bertz CT molecular complexity index is 2790. The third kappa shape index (κ3) is 25.6. The molecule has 0 unspecified atom stereocenters. The maximum atomic E-state index is 6.41. The largest absolute Gasteiger partial charge is 0.490 e. The second kappa shape index (κ2) is 42.1. The van der Waals surface area contributed by atoms with Crippen LogP contribution >= 0.6 is 0 Å². The lowest BCUT2D eigenvalue weighted by molar-refractivity contribution is 0.258. The van der Waals surface area contributed by atoms with Gasteiger partial charge in [-0.1, -0.05) is 268 Å². The second-order valence-electron chi connectivity index (χ2n) is 24.0. The molecule has 5 aromatic carbocycles. The minimum Gasteiger partial charge on any atom is -0.490 e. The van der Waals surface area contributed by atoms with Crippen molar-refractivity contribution in [1.82, 2.24) is 20.4 Å². The van der Waals surface area contributed by atoms with Gasteiger partial charge in [0.25, 0.3) is 0 Å². The molecule has 0 aliphatic carbocycles. The molecule has 2 aromatic heterocycles. The summed E-state index contributed by atoms with van der Waals surface area (Å²) in [7, 11) is 0. The number of hydrogen-bond donors (Lipinski definition) is 0. The van der Waals surface area contributed by atoms with Gasteiger partial charge in [-0.2, -0.15) is 0 Å². The topological polar surface area (TPSA) is 115 Å². The van der Waals surface area contributed by atoms with Crippen LogP contribution in [0.1, 0.15) is 255 Å². The number of rotatable bonds is 48. The molecule has 0 bridgehead atoms. The van der Waals surface area contributed by atoms with Gasteiger partial charge in [-0.25, -0.2) is 0 Å². The third-order valence-corrected chi connectivity index (χ3v) is 16.4. The van der Waals surface area contributed by atoms with E-state index >= 15 is 0 Å². The van der Waals surface area contributed by atoms with Crippen LogP contribution in [-0.2, 0) is 0 Å². The summed E-state index contributed by atoms with van der Waals surface area (Å²) in [5, 5.41) is 17.6. The van der Waals surface area contributed by atoms with Crippen LogP contribution in [0.5, 0.6) is 23.0 Å². The van der Waals surface area contributed by atoms with Crippen LogP contribution in [0.4, 0.5) is 0 Å². The summed E-state index contributed by atoms with van der Waals surface area (Å²) in [5.41, 5.74) is 7.50. The number of ether oxygens (including phenoxy) is 4. The third-order valence-electron chi connectivity index (χ3n) is 16.4. The number of aromatic nitrogens is 4. The minimum atomic E-state index is 0.426. The lowest BCUT2D eigenvalue weighted by Gasteiger charge is -2.14. The summed E-state index contributed by atoms with van der Waals surface area (Å²) in [4.78, 5) is 0. The Hall–Kier alpha value is -6.94. The van der Waals surface area contributed by atoms with E-state index in [0.29, 0.717) is 50.0 Å². The molecule has 88 heavy (non-hydrogen) atoms. The van der Waals surface area contributed by atoms with E-state index in [0.717, 1.165) is 93.2 Å². The van der Waals surface area contributed by atoms with Crippen LogP contribution in [-0.4, -0.2) is 46.8 Å². The number of benzene rings is 5. The predicted octanol–water partition coefficient (Wildman–Crippen LogP) is 23.5. The Morgan fingerprint density at radius 1 is 0.250 bits per heavy atom. The van der Waals surface area contributed by atoms with Crippen LogP contribution < -0.4 is 18.9 Å². The van der Waals surface area contributed by atoms with Gasteiger partial charge in [-0.3, -0.25) is 0 Å². The maximum Gasteiger partial charge on any atom is 0.248 e. The molecule has 10 nitrogen and oxygen atoms in total. The molecule has 0 aliphatic rings. The van der Waals surface area contributed by atoms with Gasteiger partial charge in [-0.05, 0) is 121 Å². The number of nitrogens with zero attached hydrogens (tertiary/aromatic N) is 4. The van der Waals surface area contributed by atoms with Crippen molar-refractivity contribution in [2.75, 3.05) is 26.4 Å². The number of hydrogen-bond acceptors (Lipinski definition) is 10. The normalized spacial score (nSPS) is 11.6. The molecule has 474 valence electrons. The van der Waals surface area contributed by atoms with Crippen LogP contribution in [0.25, 0.3) is 70.1 Å². The van der Waals surface area contributed by atoms with Crippen molar-refractivity contribution in [2.45, 2.75) is 233 Å². The molecule has 0 N–H and O–H groups in total. The van der Waals surface area contributed by atoms with E-state index in [4.69, 9.17) is 27.8 Å². The Morgan fingerprint density at radius 2 is 0.466 bits per heavy atom. The van der Waals surface area contributed by atoms with Crippen LogP contribution in [0.15, 0.2) is 118 Å². The summed E-state index contributed by atoms with van der Waals surface area (Å²) in [5.74, 6) is 5.06. The Balaban J connectivity index is 0.891. The quantitative estimate of drug-likeness (QED) is 0.0270. The highest BCUT2D eigenvalue weighted by Crippen LogP contribution is 2.34. The lowest BCUT2D eigenvalue weighted by atomic mass is 10.1. The molecule has 7 rings (SSSR count). The van der Waals surface area contributed by atoms with Crippen molar-refractivity contribution in [2.24, 2.45) is 0 Å². The van der Waals surface area contributed by atoms with Crippen molar-refractivity contribution in [3.05, 3.63) is 131 Å². The summed E-state index contributed by atoms with van der Waals surface area (Å²) in [6, 6.07) is 36.6. The van der Waals surface area contributed by atoms with E-state index in [-0.39, 0.29) is 0 Å². The minimum absolute atomic E-state index is 0.426. The summed E-state index contributed by atoms with van der Waals surface area (Å²) < 4.78 is 37.8. The maximum absolute atomic E-state index is 6.41. The monoisotopic (exact) mass is 1190 g/mol. The highest BCUT2D eigenvalue weighted by atomic mass is 16.5. The first kappa shape index (κ1) is 68.5. The average molecular weight is 1200 g/mol.